The Morgan fingerprint density at radius 2 is 2.08 bits per heavy atom. The lowest BCUT2D eigenvalue weighted by atomic mass is 9.76. The van der Waals surface area contributed by atoms with E-state index in [4.69, 9.17) is 0 Å². The minimum Gasteiger partial charge on any atom is -0.480 e. The van der Waals surface area contributed by atoms with E-state index < -0.39 is 5.97 Å². The van der Waals surface area contributed by atoms with Crippen LogP contribution >= 0.6 is 0 Å². The fourth-order valence-electron chi connectivity index (χ4n) is 4.47. The first-order valence-corrected chi connectivity index (χ1v) is 9.52. The summed E-state index contributed by atoms with van der Waals surface area (Å²) in [6, 6.07) is -0.306. The molecular formula is C19H30N4O2. The largest absolute Gasteiger partial charge is 0.480 e. The number of likely N-dealkylation sites (tertiary alicyclic amines) is 1. The van der Waals surface area contributed by atoms with Crippen LogP contribution in [0.2, 0.25) is 0 Å². The van der Waals surface area contributed by atoms with Gasteiger partial charge in [-0.25, -0.2) is 9.97 Å². The van der Waals surface area contributed by atoms with Crippen molar-refractivity contribution < 1.29 is 9.90 Å². The van der Waals surface area contributed by atoms with Gasteiger partial charge in [-0.05, 0) is 51.0 Å². The molecule has 0 bridgehead atoms. The molecule has 2 aliphatic heterocycles. The van der Waals surface area contributed by atoms with Crippen molar-refractivity contribution >= 4 is 11.8 Å². The van der Waals surface area contributed by atoms with E-state index in [2.05, 4.69) is 33.6 Å². The van der Waals surface area contributed by atoms with Crippen LogP contribution in [0.1, 0.15) is 50.9 Å². The maximum absolute atomic E-state index is 11.7. The molecule has 0 aromatic carbocycles. The number of aliphatic carboxylic acids is 1. The number of rotatable bonds is 5. The number of aryl methyl sites for hydroxylation is 2. The summed E-state index contributed by atoms with van der Waals surface area (Å²) in [5.74, 6) is 1.23. The van der Waals surface area contributed by atoms with Gasteiger partial charge in [0.15, 0.2) is 0 Å². The smallest absolute Gasteiger partial charge is 0.320 e. The van der Waals surface area contributed by atoms with E-state index >= 15 is 0 Å². The van der Waals surface area contributed by atoms with Gasteiger partial charge in [0.2, 0.25) is 0 Å². The fourth-order valence-corrected chi connectivity index (χ4v) is 4.47. The molecule has 2 fully saturated rings. The van der Waals surface area contributed by atoms with Gasteiger partial charge < -0.3 is 10.0 Å². The van der Waals surface area contributed by atoms with Crippen LogP contribution in [0, 0.1) is 12.3 Å². The van der Waals surface area contributed by atoms with Crippen LogP contribution in [0.4, 0.5) is 5.82 Å². The van der Waals surface area contributed by atoms with E-state index in [0.29, 0.717) is 0 Å². The first-order chi connectivity index (χ1) is 12.0. The first kappa shape index (κ1) is 18.1. The van der Waals surface area contributed by atoms with Crippen molar-refractivity contribution in [3.63, 3.8) is 0 Å². The van der Waals surface area contributed by atoms with Crippen LogP contribution in [0.3, 0.4) is 0 Å². The van der Waals surface area contributed by atoms with Crippen molar-refractivity contribution in [3.8, 4) is 0 Å². The van der Waals surface area contributed by atoms with Crippen molar-refractivity contribution in [2.75, 3.05) is 31.1 Å². The number of carboxylic acid groups (broad SMARTS) is 1. The van der Waals surface area contributed by atoms with Gasteiger partial charge in [-0.1, -0.05) is 13.8 Å². The lowest BCUT2D eigenvalue weighted by molar-refractivity contribution is -0.142. The van der Waals surface area contributed by atoms with E-state index in [1.165, 1.54) is 5.56 Å². The Hall–Kier alpha value is -1.69. The molecule has 0 radical (unpaired) electrons. The third-order valence-electron chi connectivity index (χ3n) is 5.87. The molecule has 1 aromatic heterocycles. The summed E-state index contributed by atoms with van der Waals surface area (Å²) in [5, 5.41) is 9.58. The van der Waals surface area contributed by atoms with Crippen molar-refractivity contribution in [1.29, 1.82) is 0 Å². The maximum Gasteiger partial charge on any atom is 0.320 e. The number of anilines is 1. The standard InChI is InChI=1S/C19H30N4O2/c1-4-8-23-13-19(11-16(23)18(24)25)6-9-22(10-7-19)17-15(5-2)12-20-14(3)21-17/h12,16H,4-11,13H2,1-3H3,(H,24,25). The second kappa shape index (κ2) is 7.28. The highest BCUT2D eigenvalue weighted by Gasteiger charge is 2.47. The fraction of sp³-hybridized carbons (Fsp3) is 0.737. The number of aromatic nitrogens is 2. The molecule has 3 rings (SSSR count). The molecule has 6 nitrogen and oxygen atoms in total. The van der Waals surface area contributed by atoms with Gasteiger partial charge in [0, 0.05) is 31.4 Å². The molecule has 3 heterocycles. The van der Waals surface area contributed by atoms with Crippen LogP contribution in [0.25, 0.3) is 0 Å². The number of piperidine rings is 1. The van der Waals surface area contributed by atoms with E-state index in [9.17, 15) is 9.90 Å². The van der Waals surface area contributed by atoms with E-state index in [1.54, 1.807) is 0 Å². The van der Waals surface area contributed by atoms with E-state index in [0.717, 1.165) is 69.9 Å². The molecule has 25 heavy (non-hydrogen) atoms. The second-order valence-electron chi connectivity index (χ2n) is 7.64. The highest BCUT2D eigenvalue weighted by molar-refractivity contribution is 5.74. The highest BCUT2D eigenvalue weighted by Crippen LogP contribution is 2.44. The molecule has 1 spiro atoms. The SMILES string of the molecule is CCCN1CC2(CCN(c3nc(C)ncc3CC)CC2)CC1C(=O)O. The summed E-state index contributed by atoms with van der Waals surface area (Å²) in [4.78, 5) is 25.2. The molecule has 2 saturated heterocycles. The molecule has 1 N–H and O–H groups in total. The second-order valence-corrected chi connectivity index (χ2v) is 7.64. The molecular weight excluding hydrogens is 316 g/mol. The molecule has 1 unspecified atom stereocenters. The van der Waals surface area contributed by atoms with Crippen LogP contribution in [-0.4, -0.2) is 58.2 Å². The molecule has 2 aliphatic rings. The van der Waals surface area contributed by atoms with Crippen LogP contribution in [-0.2, 0) is 11.2 Å². The zero-order valence-corrected chi connectivity index (χ0v) is 15.7. The summed E-state index contributed by atoms with van der Waals surface area (Å²) in [6.45, 7) is 9.91. The summed E-state index contributed by atoms with van der Waals surface area (Å²) in [7, 11) is 0. The monoisotopic (exact) mass is 346 g/mol. The van der Waals surface area contributed by atoms with Gasteiger partial charge in [0.25, 0.3) is 0 Å². The molecule has 1 aromatic rings. The van der Waals surface area contributed by atoms with Crippen molar-refractivity contribution in [2.24, 2.45) is 5.41 Å². The van der Waals surface area contributed by atoms with E-state index in [-0.39, 0.29) is 11.5 Å². The van der Waals surface area contributed by atoms with Gasteiger partial charge in [-0.3, -0.25) is 9.69 Å². The highest BCUT2D eigenvalue weighted by atomic mass is 16.4. The summed E-state index contributed by atoms with van der Waals surface area (Å²) < 4.78 is 0. The van der Waals surface area contributed by atoms with Crippen LogP contribution < -0.4 is 4.90 Å². The normalized spacial score (nSPS) is 23.3. The minimum atomic E-state index is -0.660. The Balaban J connectivity index is 1.72. The Labute approximate surface area is 150 Å². The Morgan fingerprint density at radius 3 is 2.68 bits per heavy atom. The van der Waals surface area contributed by atoms with Gasteiger partial charge in [-0.2, -0.15) is 0 Å². The number of carbonyl (C=O) groups is 1. The Kier molecular flexibility index (Phi) is 5.27. The van der Waals surface area contributed by atoms with Gasteiger partial charge >= 0.3 is 5.97 Å². The number of carboxylic acids is 1. The lowest BCUT2D eigenvalue weighted by Crippen LogP contribution is -2.42. The molecule has 6 heteroatoms. The van der Waals surface area contributed by atoms with Gasteiger partial charge in [0.1, 0.15) is 17.7 Å². The van der Waals surface area contributed by atoms with E-state index in [1.807, 2.05) is 13.1 Å². The zero-order valence-electron chi connectivity index (χ0n) is 15.7. The molecule has 1 atom stereocenters. The average Bonchev–Trinajstić information content (AvgIpc) is 2.94. The number of hydrogen-bond donors (Lipinski definition) is 1. The quantitative estimate of drug-likeness (QED) is 0.883. The third-order valence-corrected chi connectivity index (χ3v) is 5.87. The third kappa shape index (κ3) is 3.64. The number of hydrogen-bond acceptors (Lipinski definition) is 5. The Bertz CT molecular complexity index is 626. The first-order valence-electron chi connectivity index (χ1n) is 9.52. The maximum atomic E-state index is 11.7. The predicted octanol–water partition coefficient (Wildman–Crippen LogP) is 2.50. The lowest BCUT2D eigenvalue weighted by Gasteiger charge is -2.40. The number of nitrogens with zero attached hydrogens (tertiary/aromatic N) is 4. The summed E-state index contributed by atoms with van der Waals surface area (Å²) in [6.07, 6.45) is 6.77. The predicted molar refractivity (Wildman–Crippen MR) is 97.9 cm³/mol. The van der Waals surface area contributed by atoms with Gasteiger partial charge in [-0.15, -0.1) is 0 Å². The van der Waals surface area contributed by atoms with Gasteiger partial charge in [0.05, 0.1) is 0 Å². The zero-order chi connectivity index (χ0) is 18.0. The Morgan fingerprint density at radius 1 is 1.36 bits per heavy atom. The summed E-state index contributed by atoms with van der Waals surface area (Å²) >= 11 is 0. The summed E-state index contributed by atoms with van der Waals surface area (Å²) in [5.41, 5.74) is 1.35. The van der Waals surface area contributed by atoms with Crippen LogP contribution in [0.5, 0.6) is 0 Å². The topological polar surface area (TPSA) is 69.6 Å². The molecule has 0 aliphatic carbocycles. The molecule has 0 amide bonds. The molecule has 138 valence electrons. The van der Waals surface area contributed by atoms with Crippen molar-refractivity contribution in [1.82, 2.24) is 14.9 Å². The minimum absolute atomic E-state index is 0.156. The van der Waals surface area contributed by atoms with Crippen LogP contribution in [0.15, 0.2) is 6.20 Å². The molecule has 0 saturated carbocycles. The van der Waals surface area contributed by atoms with Crippen molar-refractivity contribution in [3.05, 3.63) is 17.6 Å². The van der Waals surface area contributed by atoms with Crippen molar-refractivity contribution in [2.45, 2.75) is 58.9 Å². The average molecular weight is 346 g/mol.